The molecule has 0 bridgehead atoms. The van der Waals surface area contributed by atoms with Crippen LogP contribution in [0.2, 0.25) is 36.0 Å². The summed E-state index contributed by atoms with van der Waals surface area (Å²) in [6.07, 6.45) is 8.35. The van der Waals surface area contributed by atoms with Gasteiger partial charge in [0.2, 0.25) is 0 Å². The third-order valence-corrected chi connectivity index (χ3v) is 9.64. The second-order valence-electron chi connectivity index (χ2n) is 11.2. The van der Waals surface area contributed by atoms with Crippen molar-refractivity contribution in [2.24, 2.45) is 0 Å². The summed E-state index contributed by atoms with van der Waals surface area (Å²) in [4.78, 5) is 13.4. The van der Waals surface area contributed by atoms with Crippen LogP contribution in [0.25, 0.3) is 22.3 Å². The van der Waals surface area contributed by atoms with Gasteiger partial charge in [-0.1, -0.05) is 48.9 Å². The Morgan fingerprint density at radius 2 is 2.08 bits per heavy atom. The molecule has 1 aliphatic heterocycles. The number of pyridine rings is 1. The largest absolute Gasteiger partial charge is 0.361 e. The lowest BCUT2D eigenvalue weighted by Crippen LogP contribution is -2.39. The molecule has 0 aliphatic carbocycles. The molecular formula is C27H32Cl2N8OSi. The molecule has 12 heteroatoms. The van der Waals surface area contributed by atoms with Gasteiger partial charge in [0.15, 0.2) is 0 Å². The number of nitrogens with zero attached hydrogens (tertiary/aromatic N) is 7. The fourth-order valence-corrected chi connectivity index (χ4v) is 6.62. The summed E-state index contributed by atoms with van der Waals surface area (Å²) in [6, 6.07) is 8.89. The Bertz CT molecular complexity index is 1500. The van der Waals surface area contributed by atoms with E-state index in [0.29, 0.717) is 23.6 Å². The van der Waals surface area contributed by atoms with Gasteiger partial charge in [0.05, 0.1) is 30.4 Å². The Balaban J connectivity index is 1.46. The first kappa shape index (κ1) is 27.7. The highest BCUT2D eigenvalue weighted by atomic mass is 35.5. The van der Waals surface area contributed by atoms with E-state index < -0.39 is 13.5 Å². The first-order chi connectivity index (χ1) is 18.7. The van der Waals surface area contributed by atoms with Gasteiger partial charge in [-0.2, -0.15) is 10.4 Å². The highest BCUT2D eigenvalue weighted by molar-refractivity contribution is 6.76. The Morgan fingerprint density at radius 1 is 1.23 bits per heavy atom. The third-order valence-electron chi connectivity index (χ3n) is 7.44. The average molecular weight is 584 g/mol. The summed E-state index contributed by atoms with van der Waals surface area (Å²) in [5.74, 6) is 0. The Kier molecular flexibility index (Phi) is 8.08. The number of nitrogens with one attached hydrogen (secondary N) is 1. The molecule has 0 radical (unpaired) electrons. The van der Waals surface area contributed by atoms with Gasteiger partial charge < -0.3 is 14.6 Å². The lowest BCUT2D eigenvalue weighted by atomic mass is 9.73. The molecule has 0 unspecified atom stereocenters. The van der Waals surface area contributed by atoms with Crippen LogP contribution in [-0.4, -0.2) is 57.1 Å². The molecule has 9 nitrogen and oxygen atoms in total. The van der Waals surface area contributed by atoms with Crippen LogP contribution in [0.4, 0.5) is 0 Å². The molecule has 1 aliphatic rings. The molecule has 4 aromatic rings. The minimum absolute atomic E-state index is 0.256. The number of hydrogen-bond donors (Lipinski definition) is 1. The normalized spacial score (nSPS) is 18.5. The number of nitriles is 1. The standard InChI is InChI=1S/C27H32Cl2N8OSi/c1-39(2,3)13-12-38-18-36-11-7-20-24(32-17-33-26(20)36)19-14-34-37(15-19)22(6-9-30)27(8-10-31-16-27)21-4-5-23(28)35-25(21)29/h4-5,7,11,14-15,17,22,31H,6,8,10,12-13,16,18H2,1-3H3/t22-,27+/m0/s1. The molecule has 0 amide bonds. The molecule has 1 N–H and O–H groups in total. The Morgan fingerprint density at radius 3 is 2.79 bits per heavy atom. The van der Waals surface area contributed by atoms with E-state index in [-0.39, 0.29) is 12.5 Å². The van der Waals surface area contributed by atoms with Crippen molar-refractivity contribution in [3.8, 4) is 17.3 Å². The van der Waals surface area contributed by atoms with E-state index in [1.54, 1.807) is 18.6 Å². The quantitative estimate of drug-likeness (QED) is 0.145. The van der Waals surface area contributed by atoms with E-state index in [0.717, 1.165) is 53.5 Å². The first-order valence-corrected chi connectivity index (χ1v) is 17.5. The summed E-state index contributed by atoms with van der Waals surface area (Å²) in [6.45, 7) is 9.66. The number of hydrogen-bond acceptors (Lipinski definition) is 7. The lowest BCUT2D eigenvalue weighted by molar-refractivity contribution is 0.0899. The molecule has 1 saturated heterocycles. The van der Waals surface area contributed by atoms with Crippen molar-refractivity contribution in [2.45, 2.75) is 56.7 Å². The van der Waals surface area contributed by atoms with Crippen LogP contribution in [-0.2, 0) is 16.9 Å². The molecule has 1 fully saturated rings. The number of rotatable bonds is 10. The molecule has 0 aromatic carbocycles. The van der Waals surface area contributed by atoms with Crippen molar-refractivity contribution in [3.63, 3.8) is 0 Å². The van der Waals surface area contributed by atoms with Gasteiger partial charge in [0.1, 0.15) is 29.0 Å². The zero-order chi connectivity index (χ0) is 27.6. The maximum atomic E-state index is 9.82. The van der Waals surface area contributed by atoms with Gasteiger partial charge in [-0.15, -0.1) is 0 Å². The van der Waals surface area contributed by atoms with E-state index >= 15 is 0 Å². The maximum Gasteiger partial charge on any atom is 0.145 e. The molecule has 0 saturated carbocycles. The van der Waals surface area contributed by atoms with Crippen LogP contribution < -0.4 is 5.32 Å². The number of aromatic nitrogens is 6. The fraction of sp³-hybridized carbons (Fsp3) is 0.444. The summed E-state index contributed by atoms with van der Waals surface area (Å²) in [5.41, 5.74) is 2.85. The SMILES string of the molecule is C[Si](C)(C)CCOCn1ccc2c(-c3cnn([C@@H](CC#N)[C@]4(c5ccc(Cl)nc5Cl)CCNC4)c3)ncnc21. The maximum absolute atomic E-state index is 9.82. The van der Waals surface area contributed by atoms with Gasteiger partial charge in [-0.25, -0.2) is 15.0 Å². The van der Waals surface area contributed by atoms with E-state index in [2.05, 4.69) is 46.0 Å². The molecule has 204 valence electrons. The predicted molar refractivity (Wildman–Crippen MR) is 156 cm³/mol. The molecule has 5 rings (SSSR count). The zero-order valence-electron chi connectivity index (χ0n) is 22.4. The number of halogens is 2. The van der Waals surface area contributed by atoms with Crippen molar-refractivity contribution in [3.05, 3.63) is 59.0 Å². The van der Waals surface area contributed by atoms with Crippen molar-refractivity contribution in [1.29, 1.82) is 5.26 Å². The Labute approximate surface area is 239 Å². The molecular weight excluding hydrogens is 551 g/mol. The van der Waals surface area contributed by atoms with Crippen LogP contribution in [0, 0.1) is 11.3 Å². The third kappa shape index (κ3) is 5.74. The van der Waals surface area contributed by atoms with Gasteiger partial charge in [0, 0.05) is 50.0 Å². The zero-order valence-corrected chi connectivity index (χ0v) is 24.9. The molecule has 5 heterocycles. The van der Waals surface area contributed by atoms with Crippen LogP contribution in [0.5, 0.6) is 0 Å². The van der Waals surface area contributed by atoms with Crippen LogP contribution >= 0.6 is 23.2 Å². The van der Waals surface area contributed by atoms with Crippen molar-refractivity contribution >= 4 is 42.3 Å². The molecule has 39 heavy (non-hydrogen) atoms. The summed E-state index contributed by atoms with van der Waals surface area (Å²) in [7, 11) is -1.15. The summed E-state index contributed by atoms with van der Waals surface area (Å²) < 4.78 is 9.84. The summed E-state index contributed by atoms with van der Waals surface area (Å²) in [5, 5.41) is 19.6. The molecule has 4 aromatic heterocycles. The minimum atomic E-state index is -1.15. The van der Waals surface area contributed by atoms with Gasteiger partial charge in [0.25, 0.3) is 0 Å². The van der Waals surface area contributed by atoms with E-state index in [1.165, 1.54) is 0 Å². The highest BCUT2D eigenvalue weighted by Gasteiger charge is 2.46. The average Bonchev–Trinajstić information content (AvgIpc) is 3.65. The number of fused-ring (bicyclic) bond motifs is 1. The fourth-order valence-electron chi connectivity index (χ4n) is 5.33. The second kappa shape index (κ2) is 11.4. The second-order valence-corrected chi connectivity index (χ2v) is 17.6. The Hall–Kier alpha value is -2.81. The molecule has 2 atom stereocenters. The van der Waals surface area contributed by atoms with Crippen molar-refractivity contribution in [1.82, 2.24) is 34.6 Å². The number of ether oxygens (including phenoxy) is 1. The van der Waals surface area contributed by atoms with Crippen molar-refractivity contribution in [2.75, 3.05) is 19.7 Å². The van der Waals surface area contributed by atoms with Gasteiger partial charge in [-0.3, -0.25) is 4.68 Å². The first-order valence-electron chi connectivity index (χ1n) is 13.0. The van der Waals surface area contributed by atoms with Crippen molar-refractivity contribution < 1.29 is 4.74 Å². The van der Waals surface area contributed by atoms with Crippen LogP contribution in [0.1, 0.15) is 24.4 Å². The smallest absolute Gasteiger partial charge is 0.145 e. The van der Waals surface area contributed by atoms with Crippen LogP contribution in [0.15, 0.2) is 43.1 Å². The topological polar surface area (TPSA) is 106 Å². The van der Waals surface area contributed by atoms with Gasteiger partial charge in [-0.05, 0) is 36.7 Å². The highest BCUT2D eigenvalue weighted by Crippen LogP contribution is 2.45. The van der Waals surface area contributed by atoms with Gasteiger partial charge >= 0.3 is 0 Å². The van der Waals surface area contributed by atoms with E-state index in [1.807, 2.05) is 33.8 Å². The van der Waals surface area contributed by atoms with Crippen LogP contribution in [0.3, 0.4) is 0 Å². The lowest BCUT2D eigenvalue weighted by Gasteiger charge is -2.36. The molecule has 0 spiro atoms. The minimum Gasteiger partial charge on any atom is -0.361 e. The monoisotopic (exact) mass is 582 g/mol. The predicted octanol–water partition coefficient (Wildman–Crippen LogP) is 5.69. The van der Waals surface area contributed by atoms with E-state index in [9.17, 15) is 5.26 Å². The van der Waals surface area contributed by atoms with E-state index in [4.69, 9.17) is 33.0 Å². The summed E-state index contributed by atoms with van der Waals surface area (Å²) >= 11 is 12.7.